The summed E-state index contributed by atoms with van der Waals surface area (Å²) in [5.41, 5.74) is 7.16. The van der Waals surface area contributed by atoms with Gasteiger partial charge in [-0.2, -0.15) is 0 Å². The maximum Gasteiger partial charge on any atom is 0.189 e. The summed E-state index contributed by atoms with van der Waals surface area (Å²) < 4.78 is 16.5. The fraction of sp³-hybridized carbons (Fsp3) is 0.350. The summed E-state index contributed by atoms with van der Waals surface area (Å²) in [6.45, 7) is 1.88. The third kappa shape index (κ3) is 6.20. The van der Waals surface area contributed by atoms with Crippen LogP contribution in [0.15, 0.2) is 53.5 Å². The number of fused-ring (bicyclic) bond motifs is 1. The number of guanidine groups is 1. The summed E-state index contributed by atoms with van der Waals surface area (Å²) in [5, 5.41) is 3.29. The van der Waals surface area contributed by atoms with Crippen molar-refractivity contribution in [2.45, 2.75) is 18.9 Å². The van der Waals surface area contributed by atoms with Gasteiger partial charge in [-0.3, -0.25) is 4.99 Å². The molecule has 3 rings (SSSR count). The second-order valence-electron chi connectivity index (χ2n) is 6.02. The highest BCUT2D eigenvalue weighted by molar-refractivity contribution is 14.0. The van der Waals surface area contributed by atoms with Crippen LogP contribution in [-0.2, 0) is 0 Å². The lowest BCUT2D eigenvalue weighted by Gasteiger charge is -2.26. The summed E-state index contributed by atoms with van der Waals surface area (Å²) >= 11 is 0. The van der Waals surface area contributed by atoms with E-state index in [-0.39, 0.29) is 30.0 Å². The molecule has 3 N–H and O–H groups in total. The number of hydrogen-bond donors (Lipinski definition) is 2. The van der Waals surface area contributed by atoms with Gasteiger partial charge >= 0.3 is 0 Å². The normalized spacial score (nSPS) is 15.7. The first-order valence-electron chi connectivity index (χ1n) is 8.81. The number of aliphatic imine (C=N–C) groups is 1. The minimum Gasteiger partial charge on any atom is -0.497 e. The molecule has 6 nitrogen and oxygen atoms in total. The van der Waals surface area contributed by atoms with Crippen LogP contribution in [0.3, 0.4) is 0 Å². The van der Waals surface area contributed by atoms with Crippen LogP contribution in [0.25, 0.3) is 0 Å². The summed E-state index contributed by atoms with van der Waals surface area (Å²) in [5.74, 6) is 3.00. The summed E-state index contributed by atoms with van der Waals surface area (Å²) in [7, 11) is 1.64. The lowest BCUT2D eigenvalue weighted by molar-refractivity contribution is 0.262. The molecule has 0 fully saturated rings. The van der Waals surface area contributed by atoms with E-state index in [0.717, 1.165) is 35.7 Å². The van der Waals surface area contributed by atoms with E-state index in [1.54, 1.807) is 7.11 Å². The Labute approximate surface area is 177 Å². The number of para-hydroxylation sites is 1. The van der Waals surface area contributed by atoms with Crippen molar-refractivity contribution in [3.63, 3.8) is 0 Å². The molecule has 0 radical (unpaired) electrons. The van der Waals surface area contributed by atoms with Crippen LogP contribution in [0.2, 0.25) is 0 Å². The van der Waals surface area contributed by atoms with Crippen LogP contribution in [0.1, 0.15) is 24.4 Å². The lowest BCUT2D eigenvalue weighted by Crippen LogP contribution is -2.37. The first-order valence-corrected chi connectivity index (χ1v) is 8.81. The number of rotatable bonds is 7. The fourth-order valence-electron chi connectivity index (χ4n) is 2.84. The molecule has 1 aliphatic rings. The quantitative estimate of drug-likeness (QED) is 0.273. The van der Waals surface area contributed by atoms with Crippen LogP contribution in [0.5, 0.6) is 17.2 Å². The van der Waals surface area contributed by atoms with Crippen LogP contribution in [0, 0.1) is 0 Å². The van der Waals surface area contributed by atoms with Crippen molar-refractivity contribution in [2.24, 2.45) is 10.7 Å². The monoisotopic (exact) mass is 483 g/mol. The number of hydrogen-bond acceptors (Lipinski definition) is 4. The van der Waals surface area contributed by atoms with E-state index in [1.807, 2.05) is 42.5 Å². The van der Waals surface area contributed by atoms with E-state index in [0.29, 0.717) is 25.7 Å². The Morgan fingerprint density at radius 2 is 1.93 bits per heavy atom. The van der Waals surface area contributed by atoms with Crippen molar-refractivity contribution in [1.82, 2.24) is 5.32 Å². The predicted molar refractivity (Wildman–Crippen MR) is 117 cm³/mol. The van der Waals surface area contributed by atoms with Gasteiger partial charge in [0.25, 0.3) is 0 Å². The largest absolute Gasteiger partial charge is 0.497 e. The highest BCUT2D eigenvalue weighted by Gasteiger charge is 2.21. The number of ether oxygens (including phenoxy) is 3. The third-order valence-electron chi connectivity index (χ3n) is 4.19. The minimum absolute atomic E-state index is 0. The lowest BCUT2D eigenvalue weighted by atomic mass is 10.0. The zero-order valence-corrected chi connectivity index (χ0v) is 17.7. The van der Waals surface area contributed by atoms with E-state index in [2.05, 4.69) is 16.4 Å². The molecule has 1 aliphatic heterocycles. The van der Waals surface area contributed by atoms with Crippen molar-refractivity contribution >= 4 is 29.9 Å². The Balaban J connectivity index is 0.00000261. The Hall–Kier alpha value is -2.16. The molecule has 0 saturated carbocycles. The number of nitrogens with two attached hydrogens (primary N) is 1. The van der Waals surface area contributed by atoms with Crippen molar-refractivity contribution in [3.05, 3.63) is 54.1 Å². The molecule has 1 unspecified atom stereocenters. The second kappa shape index (κ2) is 10.9. The summed E-state index contributed by atoms with van der Waals surface area (Å²) in [6.07, 6.45) is 1.66. The number of benzene rings is 2. The predicted octanol–water partition coefficient (Wildman–Crippen LogP) is 3.51. The SMILES string of the molecule is COc1ccc(OCCCN=C(N)NC2CCOc3ccccc32)cc1.I. The van der Waals surface area contributed by atoms with E-state index in [4.69, 9.17) is 19.9 Å². The molecule has 27 heavy (non-hydrogen) atoms. The summed E-state index contributed by atoms with van der Waals surface area (Å²) in [6, 6.07) is 15.7. The van der Waals surface area contributed by atoms with Crippen LogP contribution in [-0.4, -0.2) is 32.8 Å². The molecule has 1 atom stereocenters. The molecule has 7 heteroatoms. The van der Waals surface area contributed by atoms with Gasteiger partial charge in [-0.1, -0.05) is 18.2 Å². The fourth-order valence-corrected chi connectivity index (χ4v) is 2.84. The molecular formula is C20H26IN3O3. The smallest absolute Gasteiger partial charge is 0.189 e. The maximum atomic E-state index is 6.03. The zero-order valence-electron chi connectivity index (χ0n) is 15.4. The topological polar surface area (TPSA) is 78.1 Å². The average molecular weight is 483 g/mol. The Morgan fingerprint density at radius 1 is 1.19 bits per heavy atom. The number of methoxy groups -OCH3 is 1. The number of nitrogens with zero attached hydrogens (tertiary/aromatic N) is 1. The van der Waals surface area contributed by atoms with Crippen LogP contribution >= 0.6 is 24.0 Å². The molecule has 2 aromatic carbocycles. The maximum absolute atomic E-state index is 6.03. The summed E-state index contributed by atoms with van der Waals surface area (Å²) in [4.78, 5) is 4.39. The Bertz CT molecular complexity index is 738. The standard InChI is InChI=1S/C20H25N3O3.HI/c1-24-15-7-9-16(10-8-15)25-13-4-12-22-20(21)23-18-11-14-26-19-6-3-2-5-17(18)19;/h2-3,5-10,18H,4,11-14H2,1H3,(H3,21,22,23);1H. The first kappa shape index (κ1) is 21.1. The van der Waals surface area contributed by atoms with Gasteiger partial charge < -0.3 is 25.3 Å². The molecule has 0 spiro atoms. The van der Waals surface area contributed by atoms with Gasteiger partial charge in [0, 0.05) is 24.9 Å². The molecular weight excluding hydrogens is 457 g/mol. The molecule has 0 aliphatic carbocycles. The van der Waals surface area contributed by atoms with E-state index in [9.17, 15) is 0 Å². The molecule has 1 heterocycles. The van der Waals surface area contributed by atoms with Crippen molar-refractivity contribution < 1.29 is 14.2 Å². The first-order chi connectivity index (χ1) is 12.8. The van der Waals surface area contributed by atoms with Crippen molar-refractivity contribution in [1.29, 1.82) is 0 Å². The molecule has 2 aromatic rings. The van der Waals surface area contributed by atoms with Gasteiger partial charge in [-0.25, -0.2) is 0 Å². The molecule has 146 valence electrons. The number of nitrogens with one attached hydrogen (secondary N) is 1. The molecule has 0 aromatic heterocycles. The van der Waals surface area contributed by atoms with E-state index in [1.165, 1.54) is 0 Å². The van der Waals surface area contributed by atoms with E-state index >= 15 is 0 Å². The van der Waals surface area contributed by atoms with Gasteiger partial charge in [0.15, 0.2) is 5.96 Å². The van der Waals surface area contributed by atoms with Crippen LogP contribution in [0.4, 0.5) is 0 Å². The average Bonchev–Trinajstić information content (AvgIpc) is 2.68. The van der Waals surface area contributed by atoms with Gasteiger partial charge in [0.05, 0.1) is 26.4 Å². The number of halogens is 1. The highest BCUT2D eigenvalue weighted by Crippen LogP contribution is 2.31. The highest BCUT2D eigenvalue weighted by atomic mass is 127. The Kier molecular flexibility index (Phi) is 8.50. The van der Waals surface area contributed by atoms with Gasteiger partial charge in [-0.15, -0.1) is 24.0 Å². The van der Waals surface area contributed by atoms with E-state index < -0.39 is 0 Å². The molecule has 0 bridgehead atoms. The van der Waals surface area contributed by atoms with Gasteiger partial charge in [0.2, 0.25) is 0 Å². The second-order valence-corrected chi connectivity index (χ2v) is 6.02. The Morgan fingerprint density at radius 3 is 2.70 bits per heavy atom. The zero-order chi connectivity index (χ0) is 18.2. The molecule has 0 saturated heterocycles. The third-order valence-corrected chi connectivity index (χ3v) is 4.19. The van der Waals surface area contributed by atoms with Crippen molar-refractivity contribution in [2.75, 3.05) is 26.9 Å². The van der Waals surface area contributed by atoms with Crippen LogP contribution < -0.4 is 25.3 Å². The molecule has 0 amide bonds. The minimum atomic E-state index is 0. The van der Waals surface area contributed by atoms with Gasteiger partial charge in [-0.05, 0) is 30.3 Å². The van der Waals surface area contributed by atoms with Crippen molar-refractivity contribution in [3.8, 4) is 17.2 Å². The van der Waals surface area contributed by atoms with Gasteiger partial charge in [0.1, 0.15) is 17.2 Å².